The highest BCUT2D eigenvalue weighted by Gasteiger charge is 2.32. The van der Waals surface area contributed by atoms with Crippen LogP contribution in [0.15, 0.2) is 30.3 Å². The van der Waals surface area contributed by atoms with E-state index in [0.29, 0.717) is 18.0 Å². The number of nitrogens with one attached hydrogen (secondary N) is 1. The molecular formula is C17H28N2. The Morgan fingerprint density at radius 3 is 2.26 bits per heavy atom. The van der Waals surface area contributed by atoms with Crippen LogP contribution in [0.4, 0.5) is 0 Å². The van der Waals surface area contributed by atoms with E-state index in [-0.39, 0.29) is 0 Å². The summed E-state index contributed by atoms with van der Waals surface area (Å²) in [5.74, 6) is 0.669. The first-order chi connectivity index (χ1) is 9.24. The summed E-state index contributed by atoms with van der Waals surface area (Å²) < 4.78 is 0. The van der Waals surface area contributed by atoms with Gasteiger partial charge in [0.15, 0.2) is 0 Å². The van der Waals surface area contributed by atoms with Gasteiger partial charge in [-0.05, 0) is 44.0 Å². The van der Waals surface area contributed by atoms with Gasteiger partial charge in [0, 0.05) is 12.1 Å². The summed E-state index contributed by atoms with van der Waals surface area (Å²) in [6, 6.07) is 12.0. The molecule has 19 heavy (non-hydrogen) atoms. The number of hydrogen-bond donors (Lipinski definition) is 1. The van der Waals surface area contributed by atoms with Gasteiger partial charge in [0.25, 0.3) is 0 Å². The Kier molecular flexibility index (Phi) is 5.41. The van der Waals surface area contributed by atoms with E-state index in [1.165, 1.54) is 31.5 Å². The molecule has 2 rings (SSSR count). The van der Waals surface area contributed by atoms with Gasteiger partial charge in [-0.15, -0.1) is 0 Å². The van der Waals surface area contributed by atoms with E-state index >= 15 is 0 Å². The Morgan fingerprint density at radius 2 is 1.74 bits per heavy atom. The SMILES string of the molecule is CCNC(c1ccccc1)C(C(C)C)N1CCCC1. The lowest BCUT2D eigenvalue weighted by Crippen LogP contribution is -2.46. The molecule has 0 amide bonds. The maximum atomic E-state index is 3.72. The number of hydrogen-bond acceptors (Lipinski definition) is 2. The molecule has 2 unspecified atom stereocenters. The average Bonchev–Trinajstić information content (AvgIpc) is 2.92. The van der Waals surface area contributed by atoms with Gasteiger partial charge in [0.05, 0.1) is 0 Å². The number of benzene rings is 1. The number of likely N-dealkylation sites (N-methyl/N-ethyl adjacent to an activating group) is 1. The first-order valence-electron chi connectivity index (χ1n) is 7.76. The molecule has 1 aliphatic rings. The normalized spacial score (nSPS) is 19.8. The van der Waals surface area contributed by atoms with Crippen LogP contribution < -0.4 is 5.32 Å². The van der Waals surface area contributed by atoms with Gasteiger partial charge in [0.1, 0.15) is 0 Å². The zero-order chi connectivity index (χ0) is 13.7. The predicted octanol–water partition coefficient (Wildman–Crippen LogP) is 3.46. The van der Waals surface area contributed by atoms with E-state index in [4.69, 9.17) is 0 Å². The molecule has 0 saturated carbocycles. The summed E-state index contributed by atoms with van der Waals surface area (Å²) in [5.41, 5.74) is 1.43. The van der Waals surface area contributed by atoms with Gasteiger partial charge in [-0.2, -0.15) is 0 Å². The molecule has 1 aliphatic heterocycles. The largest absolute Gasteiger partial charge is 0.309 e. The second-order valence-electron chi connectivity index (χ2n) is 5.92. The summed E-state index contributed by atoms with van der Waals surface area (Å²) in [4.78, 5) is 2.69. The predicted molar refractivity (Wildman–Crippen MR) is 82.3 cm³/mol. The maximum Gasteiger partial charge on any atom is 0.0480 e. The van der Waals surface area contributed by atoms with E-state index in [1.54, 1.807) is 0 Å². The van der Waals surface area contributed by atoms with Crippen molar-refractivity contribution in [1.29, 1.82) is 0 Å². The lowest BCUT2D eigenvalue weighted by atomic mass is 9.89. The zero-order valence-corrected chi connectivity index (χ0v) is 12.6. The molecule has 1 saturated heterocycles. The minimum absolute atomic E-state index is 0.448. The van der Waals surface area contributed by atoms with Crippen molar-refractivity contribution in [1.82, 2.24) is 10.2 Å². The summed E-state index contributed by atoms with van der Waals surface area (Å²) in [6.45, 7) is 10.5. The smallest absolute Gasteiger partial charge is 0.0480 e. The standard InChI is InChI=1S/C17H28N2/c1-4-18-16(15-10-6-5-7-11-15)17(14(2)3)19-12-8-9-13-19/h5-7,10-11,14,16-18H,4,8-9,12-13H2,1-3H3. The van der Waals surface area contributed by atoms with Crippen molar-refractivity contribution < 1.29 is 0 Å². The summed E-state index contributed by atoms with van der Waals surface area (Å²) in [6.07, 6.45) is 2.72. The quantitative estimate of drug-likeness (QED) is 0.842. The fourth-order valence-electron chi connectivity index (χ4n) is 3.37. The minimum atomic E-state index is 0.448. The molecule has 106 valence electrons. The number of nitrogens with zero attached hydrogens (tertiary/aromatic N) is 1. The van der Waals surface area contributed by atoms with Crippen LogP contribution >= 0.6 is 0 Å². The number of likely N-dealkylation sites (tertiary alicyclic amines) is 1. The molecule has 0 aromatic heterocycles. The van der Waals surface area contributed by atoms with E-state index in [9.17, 15) is 0 Å². The van der Waals surface area contributed by atoms with Crippen molar-refractivity contribution in [3.8, 4) is 0 Å². The third kappa shape index (κ3) is 3.58. The highest BCUT2D eigenvalue weighted by molar-refractivity contribution is 5.21. The third-order valence-electron chi connectivity index (χ3n) is 4.17. The fraction of sp³-hybridized carbons (Fsp3) is 0.647. The molecule has 0 aliphatic carbocycles. The van der Waals surface area contributed by atoms with E-state index < -0.39 is 0 Å². The van der Waals surface area contributed by atoms with Crippen LogP contribution in [0.1, 0.15) is 45.2 Å². The van der Waals surface area contributed by atoms with Crippen molar-refractivity contribution >= 4 is 0 Å². The van der Waals surface area contributed by atoms with Crippen molar-refractivity contribution in [2.24, 2.45) is 5.92 Å². The Bertz CT molecular complexity index is 355. The molecule has 1 N–H and O–H groups in total. The molecule has 1 aromatic carbocycles. The Hall–Kier alpha value is -0.860. The zero-order valence-electron chi connectivity index (χ0n) is 12.6. The highest BCUT2D eigenvalue weighted by Crippen LogP contribution is 2.29. The molecule has 0 bridgehead atoms. The molecule has 2 heteroatoms. The minimum Gasteiger partial charge on any atom is -0.309 e. The van der Waals surface area contributed by atoms with Gasteiger partial charge >= 0.3 is 0 Å². The Labute approximate surface area is 118 Å². The molecule has 1 heterocycles. The van der Waals surface area contributed by atoms with Gasteiger partial charge < -0.3 is 5.32 Å². The lowest BCUT2D eigenvalue weighted by Gasteiger charge is -2.38. The van der Waals surface area contributed by atoms with E-state index in [1.807, 2.05) is 0 Å². The molecule has 2 nitrogen and oxygen atoms in total. The van der Waals surface area contributed by atoms with Crippen LogP contribution in [-0.2, 0) is 0 Å². The molecule has 2 atom stereocenters. The van der Waals surface area contributed by atoms with Crippen LogP contribution in [0.25, 0.3) is 0 Å². The monoisotopic (exact) mass is 260 g/mol. The highest BCUT2D eigenvalue weighted by atomic mass is 15.2. The van der Waals surface area contributed by atoms with Crippen LogP contribution in [-0.4, -0.2) is 30.6 Å². The summed E-state index contributed by atoms with van der Waals surface area (Å²) >= 11 is 0. The fourth-order valence-corrected chi connectivity index (χ4v) is 3.37. The topological polar surface area (TPSA) is 15.3 Å². The van der Waals surface area contributed by atoms with Gasteiger partial charge in [0.2, 0.25) is 0 Å². The molecule has 1 aromatic rings. The summed E-state index contributed by atoms with van der Waals surface area (Å²) in [5, 5.41) is 3.72. The van der Waals surface area contributed by atoms with Crippen LogP contribution in [0.2, 0.25) is 0 Å². The Morgan fingerprint density at radius 1 is 1.11 bits per heavy atom. The van der Waals surface area contributed by atoms with Gasteiger partial charge in [-0.1, -0.05) is 51.1 Å². The summed E-state index contributed by atoms with van der Waals surface area (Å²) in [7, 11) is 0. The molecular weight excluding hydrogens is 232 g/mol. The second-order valence-corrected chi connectivity index (χ2v) is 5.92. The molecule has 0 spiro atoms. The van der Waals surface area contributed by atoms with Crippen LogP contribution in [0.3, 0.4) is 0 Å². The average molecular weight is 260 g/mol. The van der Waals surface area contributed by atoms with Gasteiger partial charge in [-0.25, -0.2) is 0 Å². The second kappa shape index (κ2) is 7.06. The first kappa shape index (κ1) is 14.5. The molecule has 1 fully saturated rings. The molecule has 0 radical (unpaired) electrons. The van der Waals surface area contributed by atoms with Crippen LogP contribution in [0, 0.1) is 5.92 Å². The Balaban J connectivity index is 2.23. The van der Waals surface area contributed by atoms with E-state index in [0.717, 1.165) is 6.54 Å². The van der Waals surface area contributed by atoms with Crippen molar-refractivity contribution in [3.05, 3.63) is 35.9 Å². The van der Waals surface area contributed by atoms with Crippen molar-refractivity contribution in [2.75, 3.05) is 19.6 Å². The maximum absolute atomic E-state index is 3.72. The number of rotatable bonds is 6. The van der Waals surface area contributed by atoms with Crippen molar-refractivity contribution in [2.45, 2.75) is 45.7 Å². The van der Waals surface area contributed by atoms with E-state index in [2.05, 4.69) is 61.3 Å². The lowest BCUT2D eigenvalue weighted by molar-refractivity contribution is 0.146. The van der Waals surface area contributed by atoms with Crippen LogP contribution in [0.5, 0.6) is 0 Å². The van der Waals surface area contributed by atoms with Gasteiger partial charge in [-0.3, -0.25) is 4.90 Å². The third-order valence-corrected chi connectivity index (χ3v) is 4.17. The first-order valence-corrected chi connectivity index (χ1v) is 7.76. The van der Waals surface area contributed by atoms with Crippen molar-refractivity contribution in [3.63, 3.8) is 0 Å².